The number of benzene rings is 1. The molecule has 1 saturated carbocycles. The molecule has 1 saturated heterocycles. The van der Waals surface area contributed by atoms with Crippen LogP contribution in [0.1, 0.15) is 37.2 Å². The van der Waals surface area contributed by atoms with E-state index in [2.05, 4.69) is 31.2 Å². The van der Waals surface area contributed by atoms with E-state index in [0.29, 0.717) is 25.9 Å². The van der Waals surface area contributed by atoms with Crippen LogP contribution in [0.2, 0.25) is 0 Å². The van der Waals surface area contributed by atoms with Crippen LogP contribution >= 0.6 is 0 Å². The number of nitrogens with one attached hydrogen (secondary N) is 1. The van der Waals surface area contributed by atoms with Gasteiger partial charge in [0.15, 0.2) is 11.6 Å². The van der Waals surface area contributed by atoms with Gasteiger partial charge in [-0.25, -0.2) is 15.0 Å². The fraction of sp³-hybridized carbons (Fsp3) is 0.538. The number of hydrogen-bond acceptors (Lipinski definition) is 9. The smallest absolute Gasteiger partial charge is 0.269 e. The third-order valence-electron chi connectivity index (χ3n) is 7.34. The van der Waals surface area contributed by atoms with Gasteiger partial charge in [-0.1, -0.05) is 0 Å². The van der Waals surface area contributed by atoms with Crippen LogP contribution < -0.4 is 25.2 Å². The average Bonchev–Trinajstić information content (AvgIpc) is 3.36. The Morgan fingerprint density at radius 1 is 1.08 bits per heavy atom. The predicted molar refractivity (Wildman–Crippen MR) is 136 cm³/mol. The zero-order valence-corrected chi connectivity index (χ0v) is 20.8. The van der Waals surface area contributed by atoms with Crippen LogP contribution in [-0.4, -0.2) is 64.6 Å². The van der Waals surface area contributed by atoms with E-state index >= 15 is 0 Å². The van der Waals surface area contributed by atoms with Crippen LogP contribution in [0.15, 0.2) is 23.1 Å². The molecule has 0 spiro atoms. The lowest BCUT2D eigenvalue weighted by Crippen LogP contribution is -2.36. The molecular formula is C26H32N6O4. The van der Waals surface area contributed by atoms with Gasteiger partial charge in [0.2, 0.25) is 0 Å². The van der Waals surface area contributed by atoms with E-state index in [4.69, 9.17) is 14.2 Å². The van der Waals surface area contributed by atoms with E-state index in [0.717, 1.165) is 90.7 Å². The highest BCUT2D eigenvalue weighted by atomic mass is 16.5. The molecule has 0 atom stereocenters. The van der Waals surface area contributed by atoms with E-state index in [9.17, 15) is 4.79 Å². The third-order valence-corrected chi connectivity index (χ3v) is 7.34. The van der Waals surface area contributed by atoms with Crippen LogP contribution in [-0.2, 0) is 18.2 Å². The Kier molecular flexibility index (Phi) is 6.12. The van der Waals surface area contributed by atoms with Gasteiger partial charge in [-0.3, -0.25) is 4.79 Å². The van der Waals surface area contributed by atoms with Crippen molar-refractivity contribution in [3.8, 4) is 11.5 Å². The van der Waals surface area contributed by atoms with Gasteiger partial charge in [-0.15, -0.1) is 0 Å². The van der Waals surface area contributed by atoms with Crippen LogP contribution in [0, 0.1) is 6.92 Å². The van der Waals surface area contributed by atoms with E-state index in [-0.39, 0.29) is 11.7 Å². The van der Waals surface area contributed by atoms with Gasteiger partial charge in [-0.2, -0.15) is 0 Å². The minimum absolute atomic E-state index is 0.0654. The first-order valence-electron chi connectivity index (χ1n) is 12.8. The highest BCUT2D eigenvalue weighted by molar-refractivity contribution is 5.86. The summed E-state index contributed by atoms with van der Waals surface area (Å²) in [6, 6.07) is 4.40. The van der Waals surface area contributed by atoms with Crippen molar-refractivity contribution < 1.29 is 14.2 Å². The molecule has 0 radical (unpaired) electrons. The summed E-state index contributed by atoms with van der Waals surface area (Å²) < 4.78 is 19.5. The lowest BCUT2D eigenvalue weighted by atomic mass is 9.93. The molecule has 2 aliphatic heterocycles. The molecular weight excluding hydrogens is 460 g/mol. The van der Waals surface area contributed by atoms with E-state index < -0.39 is 0 Å². The lowest BCUT2D eigenvalue weighted by molar-refractivity contribution is 0.122. The Hall–Kier alpha value is -3.40. The number of rotatable bonds is 5. The first-order valence-corrected chi connectivity index (χ1v) is 12.8. The molecule has 1 N–H and O–H groups in total. The molecule has 1 aliphatic carbocycles. The number of nitrogens with zero attached hydrogens (tertiary/aromatic N) is 5. The van der Waals surface area contributed by atoms with Crippen molar-refractivity contribution in [1.29, 1.82) is 0 Å². The summed E-state index contributed by atoms with van der Waals surface area (Å²) in [6.45, 7) is 5.63. The molecule has 0 bridgehead atoms. The molecule has 0 unspecified atom stereocenters. The number of hydrogen-bond donors (Lipinski definition) is 1. The SMILES string of the molecule is Cc1nc2c(c(N[C@H]3CC[C@@H](Oc4cc(N5CCOCC5)cc5ncc(=O)n(C)c45)CC3)n1)OCC2. The second kappa shape index (κ2) is 9.57. The zero-order chi connectivity index (χ0) is 24.6. The van der Waals surface area contributed by atoms with Crippen LogP contribution in [0.25, 0.3) is 11.0 Å². The Morgan fingerprint density at radius 2 is 1.89 bits per heavy atom. The van der Waals surface area contributed by atoms with Crippen molar-refractivity contribution in [3.63, 3.8) is 0 Å². The molecule has 3 aliphatic rings. The van der Waals surface area contributed by atoms with Gasteiger partial charge in [0.1, 0.15) is 17.1 Å². The second-order valence-electron chi connectivity index (χ2n) is 9.80. The quantitative estimate of drug-likeness (QED) is 0.576. The van der Waals surface area contributed by atoms with Crippen molar-refractivity contribution in [1.82, 2.24) is 19.5 Å². The van der Waals surface area contributed by atoms with Gasteiger partial charge >= 0.3 is 0 Å². The average molecular weight is 493 g/mol. The number of aryl methyl sites for hydroxylation is 2. The summed E-state index contributed by atoms with van der Waals surface area (Å²) in [7, 11) is 1.78. The largest absolute Gasteiger partial charge is 0.488 e. The fourth-order valence-corrected chi connectivity index (χ4v) is 5.42. The molecule has 1 aromatic carbocycles. The molecule has 10 heteroatoms. The normalized spacial score (nSPS) is 21.8. The topological polar surface area (TPSA) is 104 Å². The summed E-state index contributed by atoms with van der Waals surface area (Å²) in [5.41, 5.74) is 3.40. The summed E-state index contributed by atoms with van der Waals surface area (Å²) in [5.74, 6) is 3.10. The Balaban J connectivity index is 1.20. The van der Waals surface area contributed by atoms with Gasteiger partial charge in [-0.05, 0) is 38.7 Å². The summed E-state index contributed by atoms with van der Waals surface area (Å²) in [5, 5.41) is 3.60. The van der Waals surface area contributed by atoms with Gasteiger partial charge in [0.25, 0.3) is 5.56 Å². The lowest BCUT2D eigenvalue weighted by Gasteiger charge is -2.32. The number of anilines is 2. The summed E-state index contributed by atoms with van der Waals surface area (Å²) in [6.07, 6.45) is 6.01. The van der Waals surface area contributed by atoms with Crippen molar-refractivity contribution in [2.45, 2.75) is 51.2 Å². The molecule has 0 amide bonds. The standard InChI is InChI=1S/C26H32N6O4/c1-16-28-20-7-10-35-25(20)26(29-16)30-17-3-5-19(6-4-17)36-22-14-18(32-8-11-34-12-9-32)13-21-24(22)31(2)23(33)15-27-21/h13-15,17,19H,3-12H2,1-2H3,(H,28,29,30)/t17-,19+. The van der Waals surface area contributed by atoms with E-state index in [1.54, 1.807) is 11.6 Å². The van der Waals surface area contributed by atoms with Gasteiger partial charge in [0, 0.05) is 44.4 Å². The first kappa shape index (κ1) is 23.0. The van der Waals surface area contributed by atoms with Gasteiger partial charge in [0.05, 0.1) is 43.3 Å². The maximum absolute atomic E-state index is 12.4. The summed E-state index contributed by atoms with van der Waals surface area (Å²) in [4.78, 5) is 28.2. The Labute approximate surface area is 209 Å². The molecule has 6 rings (SSSR count). The number of fused-ring (bicyclic) bond motifs is 2. The Bertz CT molecular complexity index is 1330. The highest BCUT2D eigenvalue weighted by Crippen LogP contribution is 2.35. The maximum Gasteiger partial charge on any atom is 0.269 e. The Morgan fingerprint density at radius 3 is 2.69 bits per heavy atom. The minimum Gasteiger partial charge on any atom is -0.488 e. The minimum atomic E-state index is -0.144. The van der Waals surface area contributed by atoms with Crippen molar-refractivity contribution in [2.75, 3.05) is 43.1 Å². The molecule has 10 nitrogen and oxygen atoms in total. The van der Waals surface area contributed by atoms with Crippen molar-refractivity contribution in [2.24, 2.45) is 7.05 Å². The first-order chi connectivity index (χ1) is 17.5. The maximum atomic E-state index is 12.4. The molecule has 3 aromatic rings. The monoisotopic (exact) mass is 492 g/mol. The van der Waals surface area contributed by atoms with Crippen LogP contribution in [0.4, 0.5) is 11.5 Å². The van der Waals surface area contributed by atoms with Crippen molar-refractivity contribution >= 4 is 22.5 Å². The molecule has 2 fully saturated rings. The third kappa shape index (κ3) is 4.45. The van der Waals surface area contributed by atoms with Crippen molar-refractivity contribution in [3.05, 3.63) is 40.2 Å². The summed E-state index contributed by atoms with van der Waals surface area (Å²) >= 11 is 0. The molecule has 190 valence electrons. The molecule has 2 aromatic heterocycles. The number of morpholine rings is 1. The van der Waals surface area contributed by atoms with Crippen LogP contribution in [0.3, 0.4) is 0 Å². The second-order valence-corrected chi connectivity index (χ2v) is 9.80. The molecule has 36 heavy (non-hydrogen) atoms. The zero-order valence-electron chi connectivity index (χ0n) is 20.8. The predicted octanol–water partition coefficient (Wildman–Crippen LogP) is 2.61. The van der Waals surface area contributed by atoms with E-state index in [1.807, 2.05) is 13.0 Å². The number of ether oxygens (including phenoxy) is 3. The van der Waals surface area contributed by atoms with Crippen LogP contribution in [0.5, 0.6) is 11.5 Å². The molecule has 4 heterocycles. The van der Waals surface area contributed by atoms with E-state index in [1.165, 1.54) is 6.20 Å². The fourth-order valence-electron chi connectivity index (χ4n) is 5.42. The van der Waals surface area contributed by atoms with Gasteiger partial charge < -0.3 is 29.0 Å². The number of aromatic nitrogens is 4. The highest BCUT2D eigenvalue weighted by Gasteiger charge is 2.27.